The van der Waals surface area contributed by atoms with E-state index in [1.807, 2.05) is 31.7 Å². The van der Waals surface area contributed by atoms with E-state index < -0.39 is 0 Å². The summed E-state index contributed by atoms with van der Waals surface area (Å²) in [5, 5.41) is 0. The van der Waals surface area contributed by atoms with Crippen molar-refractivity contribution in [1.29, 1.82) is 0 Å². The molecule has 1 aromatic heterocycles. The van der Waals surface area contributed by atoms with Crippen LogP contribution in [0.4, 0.5) is 21.7 Å². The van der Waals surface area contributed by atoms with Crippen LogP contribution in [0, 0.1) is 5.82 Å². The first-order valence-electron chi connectivity index (χ1n) is 6.93. The first-order chi connectivity index (χ1) is 10.1. The van der Waals surface area contributed by atoms with Crippen LogP contribution in [0.2, 0.25) is 0 Å². The Morgan fingerprint density at radius 2 is 2.10 bits per heavy atom. The number of hydrazine groups is 1. The van der Waals surface area contributed by atoms with Crippen molar-refractivity contribution < 1.29 is 4.39 Å². The van der Waals surface area contributed by atoms with Crippen LogP contribution in [0.3, 0.4) is 0 Å². The van der Waals surface area contributed by atoms with E-state index in [0.29, 0.717) is 12.4 Å². The lowest BCUT2D eigenvalue weighted by atomic mass is 10.0. The van der Waals surface area contributed by atoms with E-state index in [1.165, 1.54) is 18.5 Å². The number of anilines is 3. The minimum Gasteiger partial charge on any atom is -0.326 e. The molecule has 0 atom stereocenters. The highest BCUT2D eigenvalue weighted by Crippen LogP contribution is 2.34. The molecular formula is C15H20FN5. The quantitative estimate of drug-likeness (QED) is 0.653. The molecule has 0 radical (unpaired) electrons. The van der Waals surface area contributed by atoms with Crippen molar-refractivity contribution in [2.75, 3.05) is 16.9 Å². The molecule has 0 fully saturated rings. The molecule has 1 aromatic carbocycles. The average molecular weight is 289 g/mol. The number of aromatic nitrogens is 2. The molecule has 6 heteroatoms. The summed E-state index contributed by atoms with van der Waals surface area (Å²) >= 11 is 0. The Labute approximate surface area is 124 Å². The largest absolute Gasteiger partial charge is 0.326 e. The zero-order valence-corrected chi connectivity index (χ0v) is 12.5. The van der Waals surface area contributed by atoms with Crippen molar-refractivity contribution in [2.45, 2.75) is 26.7 Å². The minimum atomic E-state index is -0.275. The molecule has 0 aliphatic heterocycles. The molecule has 0 amide bonds. The van der Waals surface area contributed by atoms with Gasteiger partial charge in [-0.3, -0.25) is 0 Å². The van der Waals surface area contributed by atoms with Gasteiger partial charge in [0.25, 0.3) is 0 Å². The van der Waals surface area contributed by atoms with Gasteiger partial charge >= 0.3 is 0 Å². The van der Waals surface area contributed by atoms with E-state index >= 15 is 0 Å². The molecule has 3 N–H and O–H groups in total. The summed E-state index contributed by atoms with van der Waals surface area (Å²) in [5.74, 6) is 6.77. The van der Waals surface area contributed by atoms with Crippen molar-refractivity contribution >= 4 is 17.3 Å². The number of benzene rings is 1. The second-order valence-corrected chi connectivity index (χ2v) is 4.98. The molecule has 0 aliphatic carbocycles. The lowest BCUT2D eigenvalue weighted by molar-refractivity contribution is 0.627. The van der Waals surface area contributed by atoms with E-state index in [9.17, 15) is 4.39 Å². The Hall–Kier alpha value is -2.21. The first-order valence-corrected chi connectivity index (χ1v) is 6.93. The number of hydrogen-bond acceptors (Lipinski definition) is 5. The highest BCUT2D eigenvalue weighted by molar-refractivity contribution is 5.68. The van der Waals surface area contributed by atoms with Crippen molar-refractivity contribution in [3.63, 3.8) is 0 Å². The van der Waals surface area contributed by atoms with E-state index in [0.717, 1.165) is 17.1 Å². The van der Waals surface area contributed by atoms with Crippen LogP contribution in [0.1, 0.15) is 32.3 Å². The minimum absolute atomic E-state index is 0.176. The average Bonchev–Trinajstić information content (AvgIpc) is 2.47. The summed E-state index contributed by atoms with van der Waals surface area (Å²) in [6.45, 7) is 6.74. The fourth-order valence-electron chi connectivity index (χ4n) is 2.35. The summed E-state index contributed by atoms with van der Waals surface area (Å²) in [4.78, 5) is 10.5. The number of hydrogen-bond donors (Lipinski definition) is 2. The van der Waals surface area contributed by atoms with Gasteiger partial charge < -0.3 is 10.3 Å². The number of nitrogen functional groups attached to an aromatic ring is 1. The lowest BCUT2D eigenvalue weighted by Crippen LogP contribution is -2.22. The summed E-state index contributed by atoms with van der Waals surface area (Å²) in [7, 11) is 0. The van der Waals surface area contributed by atoms with Gasteiger partial charge in [-0.1, -0.05) is 19.9 Å². The normalized spacial score (nSPS) is 10.8. The number of rotatable bonds is 5. The topological polar surface area (TPSA) is 67.1 Å². The molecule has 0 unspecified atom stereocenters. The van der Waals surface area contributed by atoms with Gasteiger partial charge in [0.05, 0.1) is 0 Å². The van der Waals surface area contributed by atoms with Gasteiger partial charge in [-0.05, 0) is 31.0 Å². The molecule has 1 heterocycles. The highest BCUT2D eigenvalue weighted by Gasteiger charge is 2.20. The summed E-state index contributed by atoms with van der Waals surface area (Å²) in [6, 6.07) is 6.46. The first kappa shape index (κ1) is 15.2. The van der Waals surface area contributed by atoms with Crippen LogP contribution >= 0.6 is 0 Å². The summed E-state index contributed by atoms with van der Waals surface area (Å²) in [5.41, 5.74) is 4.27. The molecule has 21 heavy (non-hydrogen) atoms. The zero-order chi connectivity index (χ0) is 15.4. The third-order valence-corrected chi connectivity index (χ3v) is 3.27. The predicted molar refractivity (Wildman–Crippen MR) is 83.0 cm³/mol. The SMILES string of the molecule is CCN(c1cccc(F)c1)c1ncnc(NN)c1C(C)C. The molecule has 0 saturated heterocycles. The smallest absolute Gasteiger partial charge is 0.148 e. The lowest BCUT2D eigenvalue weighted by Gasteiger charge is -2.26. The Bertz CT molecular complexity index is 615. The van der Waals surface area contributed by atoms with Gasteiger partial charge in [0.2, 0.25) is 0 Å². The van der Waals surface area contributed by atoms with Gasteiger partial charge in [0.15, 0.2) is 0 Å². The fraction of sp³-hybridized carbons (Fsp3) is 0.333. The number of halogens is 1. The predicted octanol–water partition coefficient (Wildman–Crippen LogP) is 3.18. The summed E-state index contributed by atoms with van der Waals surface area (Å²) in [6.07, 6.45) is 1.46. The maximum Gasteiger partial charge on any atom is 0.148 e. The Morgan fingerprint density at radius 3 is 2.67 bits per heavy atom. The molecule has 0 spiro atoms. The highest BCUT2D eigenvalue weighted by atomic mass is 19.1. The second-order valence-electron chi connectivity index (χ2n) is 4.98. The number of nitrogens with zero attached hydrogens (tertiary/aromatic N) is 3. The Kier molecular flexibility index (Phi) is 4.70. The zero-order valence-electron chi connectivity index (χ0n) is 12.5. The molecule has 0 saturated carbocycles. The van der Waals surface area contributed by atoms with Gasteiger partial charge in [0.1, 0.15) is 23.8 Å². The molecule has 2 rings (SSSR count). The van der Waals surface area contributed by atoms with E-state index in [-0.39, 0.29) is 11.7 Å². The molecule has 112 valence electrons. The van der Waals surface area contributed by atoms with Crippen molar-refractivity contribution in [3.8, 4) is 0 Å². The fourth-order valence-corrected chi connectivity index (χ4v) is 2.35. The monoisotopic (exact) mass is 289 g/mol. The third kappa shape index (κ3) is 3.11. The molecule has 5 nitrogen and oxygen atoms in total. The van der Waals surface area contributed by atoms with Crippen LogP contribution in [0.25, 0.3) is 0 Å². The maximum absolute atomic E-state index is 13.5. The van der Waals surface area contributed by atoms with Gasteiger partial charge in [-0.2, -0.15) is 0 Å². The second kappa shape index (κ2) is 6.49. The van der Waals surface area contributed by atoms with Gasteiger partial charge in [-0.15, -0.1) is 0 Å². The molecular weight excluding hydrogens is 269 g/mol. The molecule has 0 bridgehead atoms. The number of nitrogens with one attached hydrogen (secondary N) is 1. The Balaban J connectivity index is 2.57. The van der Waals surface area contributed by atoms with Crippen molar-refractivity contribution in [3.05, 3.63) is 42.0 Å². The molecule has 0 aliphatic rings. The standard InChI is InChI=1S/C15H20FN5/c1-4-21(12-7-5-6-11(16)8-12)15-13(10(2)3)14(20-17)18-9-19-15/h5-10H,4,17H2,1-3H3,(H,18,19,20). The summed E-state index contributed by atoms with van der Waals surface area (Å²) < 4.78 is 13.5. The van der Waals surface area contributed by atoms with E-state index in [2.05, 4.69) is 15.4 Å². The Morgan fingerprint density at radius 1 is 1.33 bits per heavy atom. The van der Waals surface area contributed by atoms with Crippen LogP contribution in [0.5, 0.6) is 0 Å². The maximum atomic E-state index is 13.5. The van der Waals surface area contributed by atoms with Gasteiger partial charge in [-0.25, -0.2) is 20.2 Å². The van der Waals surface area contributed by atoms with E-state index in [4.69, 9.17) is 5.84 Å². The number of nitrogens with two attached hydrogens (primary N) is 1. The van der Waals surface area contributed by atoms with E-state index in [1.54, 1.807) is 6.07 Å². The van der Waals surface area contributed by atoms with Crippen LogP contribution in [-0.2, 0) is 0 Å². The van der Waals surface area contributed by atoms with Crippen molar-refractivity contribution in [1.82, 2.24) is 9.97 Å². The molecule has 2 aromatic rings. The van der Waals surface area contributed by atoms with Crippen molar-refractivity contribution in [2.24, 2.45) is 5.84 Å². The van der Waals surface area contributed by atoms with Gasteiger partial charge in [0, 0.05) is 17.8 Å². The van der Waals surface area contributed by atoms with Crippen LogP contribution < -0.4 is 16.2 Å². The van der Waals surface area contributed by atoms with Crippen LogP contribution in [-0.4, -0.2) is 16.5 Å². The third-order valence-electron chi connectivity index (χ3n) is 3.27. The van der Waals surface area contributed by atoms with Crippen LogP contribution in [0.15, 0.2) is 30.6 Å².